The molecule has 0 bridgehead atoms. The Bertz CT molecular complexity index is 406. The summed E-state index contributed by atoms with van der Waals surface area (Å²) in [5, 5.41) is 8.42. The Hall–Kier alpha value is -1.83. The van der Waals surface area contributed by atoms with Gasteiger partial charge in [-0.3, -0.25) is 4.79 Å². The lowest BCUT2D eigenvalue weighted by Gasteiger charge is -2.13. The molecular weight excluding hydrogens is 207 g/mol. The lowest BCUT2D eigenvalue weighted by Crippen LogP contribution is -2.19. The molecule has 15 heavy (non-hydrogen) atoms. The number of nitriles is 1. The molecule has 0 radical (unpaired) electrons. The minimum Gasteiger partial charge on any atom is -0.298 e. The summed E-state index contributed by atoms with van der Waals surface area (Å²) in [6, 6.07) is 6.10. The van der Waals surface area contributed by atoms with Crippen LogP contribution in [0.4, 0.5) is 13.2 Å². The fourth-order valence-electron chi connectivity index (χ4n) is 1.15. The molecule has 0 unspecified atom stereocenters. The number of halogens is 3. The van der Waals surface area contributed by atoms with Gasteiger partial charge in [0, 0.05) is 5.56 Å². The number of carbonyl (C=O) groups excluding carboxylic acids is 1. The Labute approximate surface area is 83.9 Å². The van der Waals surface area contributed by atoms with Crippen LogP contribution in [0.5, 0.6) is 0 Å². The van der Waals surface area contributed by atoms with Gasteiger partial charge in [0.25, 0.3) is 0 Å². The molecule has 0 fully saturated rings. The summed E-state index contributed by atoms with van der Waals surface area (Å²) in [7, 11) is 0. The van der Waals surface area contributed by atoms with Gasteiger partial charge < -0.3 is 0 Å². The summed E-state index contributed by atoms with van der Waals surface area (Å²) in [5.74, 6) is -2.18. The van der Waals surface area contributed by atoms with Gasteiger partial charge in [0.15, 0.2) is 5.92 Å². The van der Waals surface area contributed by atoms with Crippen LogP contribution in [-0.4, -0.2) is 12.5 Å². The van der Waals surface area contributed by atoms with Crippen molar-refractivity contribution in [2.45, 2.75) is 12.1 Å². The topological polar surface area (TPSA) is 40.9 Å². The average Bonchev–Trinajstić information content (AvgIpc) is 2.17. The number of rotatable bonds is 2. The SMILES string of the molecule is N#C[C@@H](c1cccc(C=O)c1)C(F)(F)F. The zero-order chi connectivity index (χ0) is 11.5. The molecule has 78 valence electrons. The molecule has 0 heterocycles. The van der Waals surface area contributed by atoms with Gasteiger partial charge in [-0.2, -0.15) is 18.4 Å². The molecule has 1 rings (SSSR count). The van der Waals surface area contributed by atoms with Gasteiger partial charge in [0.2, 0.25) is 0 Å². The average molecular weight is 213 g/mol. The second-order valence-corrected chi connectivity index (χ2v) is 2.89. The summed E-state index contributed by atoms with van der Waals surface area (Å²) < 4.78 is 37.0. The predicted molar refractivity (Wildman–Crippen MR) is 46.2 cm³/mol. The Balaban J connectivity index is 3.14. The van der Waals surface area contributed by atoms with Crippen LogP contribution in [0.2, 0.25) is 0 Å². The molecule has 0 saturated heterocycles. The lowest BCUT2D eigenvalue weighted by atomic mass is 9.98. The maximum atomic E-state index is 12.3. The van der Waals surface area contributed by atoms with Crippen LogP contribution < -0.4 is 0 Å². The van der Waals surface area contributed by atoms with Gasteiger partial charge in [0.05, 0.1) is 6.07 Å². The van der Waals surface area contributed by atoms with E-state index in [-0.39, 0.29) is 11.1 Å². The Morgan fingerprint density at radius 1 is 1.40 bits per heavy atom. The minimum absolute atomic E-state index is 0.122. The summed E-state index contributed by atoms with van der Waals surface area (Å²) >= 11 is 0. The first-order chi connectivity index (χ1) is 6.99. The second-order valence-electron chi connectivity index (χ2n) is 2.89. The van der Waals surface area contributed by atoms with Crippen molar-refractivity contribution < 1.29 is 18.0 Å². The highest BCUT2D eigenvalue weighted by Gasteiger charge is 2.41. The summed E-state index contributed by atoms with van der Waals surface area (Å²) in [4.78, 5) is 10.4. The molecule has 0 saturated carbocycles. The Morgan fingerprint density at radius 3 is 2.53 bits per heavy atom. The Kier molecular flexibility index (Phi) is 3.10. The molecule has 0 aliphatic rings. The van der Waals surface area contributed by atoms with Gasteiger partial charge in [-0.1, -0.05) is 18.2 Å². The van der Waals surface area contributed by atoms with Gasteiger partial charge >= 0.3 is 6.18 Å². The van der Waals surface area contributed by atoms with Crippen molar-refractivity contribution in [3.63, 3.8) is 0 Å². The first-order valence-electron chi connectivity index (χ1n) is 4.00. The first kappa shape index (κ1) is 11.2. The highest BCUT2D eigenvalue weighted by atomic mass is 19.4. The molecule has 0 aromatic heterocycles. The zero-order valence-electron chi connectivity index (χ0n) is 7.45. The predicted octanol–water partition coefficient (Wildman–Crippen LogP) is 2.67. The third kappa shape index (κ3) is 2.56. The number of benzene rings is 1. The van der Waals surface area contributed by atoms with Crippen molar-refractivity contribution in [2.24, 2.45) is 0 Å². The van der Waals surface area contributed by atoms with E-state index in [2.05, 4.69) is 0 Å². The third-order valence-corrected chi connectivity index (χ3v) is 1.84. The molecule has 1 aromatic rings. The molecule has 0 N–H and O–H groups in total. The maximum Gasteiger partial charge on any atom is 0.408 e. The van der Waals surface area contributed by atoms with Crippen molar-refractivity contribution in [2.75, 3.05) is 0 Å². The monoisotopic (exact) mass is 213 g/mol. The maximum absolute atomic E-state index is 12.3. The quantitative estimate of drug-likeness (QED) is 0.708. The molecule has 0 aliphatic heterocycles. The van der Waals surface area contributed by atoms with E-state index < -0.39 is 12.1 Å². The zero-order valence-corrected chi connectivity index (χ0v) is 7.45. The van der Waals surface area contributed by atoms with E-state index in [1.54, 1.807) is 0 Å². The molecule has 0 aliphatic carbocycles. The number of alkyl halides is 3. The van der Waals surface area contributed by atoms with Crippen molar-refractivity contribution in [1.29, 1.82) is 5.26 Å². The number of aldehydes is 1. The van der Waals surface area contributed by atoms with Crippen LogP contribution in [0.15, 0.2) is 24.3 Å². The van der Waals surface area contributed by atoms with E-state index in [9.17, 15) is 18.0 Å². The minimum atomic E-state index is -4.61. The fourth-order valence-corrected chi connectivity index (χ4v) is 1.15. The molecular formula is C10H6F3NO. The molecule has 5 heteroatoms. The smallest absolute Gasteiger partial charge is 0.298 e. The third-order valence-electron chi connectivity index (χ3n) is 1.84. The van der Waals surface area contributed by atoms with E-state index in [0.29, 0.717) is 6.29 Å². The van der Waals surface area contributed by atoms with E-state index in [1.165, 1.54) is 24.3 Å². The van der Waals surface area contributed by atoms with E-state index >= 15 is 0 Å². The molecule has 2 nitrogen and oxygen atoms in total. The van der Waals surface area contributed by atoms with Crippen LogP contribution in [0.1, 0.15) is 21.8 Å². The van der Waals surface area contributed by atoms with E-state index in [1.807, 2.05) is 0 Å². The largest absolute Gasteiger partial charge is 0.408 e. The highest BCUT2D eigenvalue weighted by Crippen LogP contribution is 2.34. The molecule has 1 aromatic carbocycles. The number of hydrogen-bond donors (Lipinski definition) is 0. The lowest BCUT2D eigenvalue weighted by molar-refractivity contribution is -0.137. The van der Waals surface area contributed by atoms with Gasteiger partial charge in [-0.25, -0.2) is 0 Å². The van der Waals surface area contributed by atoms with Crippen molar-refractivity contribution >= 4 is 6.29 Å². The van der Waals surface area contributed by atoms with E-state index in [4.69, 9.17) is 5.26 Å². The summed E-state index contributed by atoms with van der Waals surface area (Å²) in [5.41, 5.74) is -0.0911. The summed E-state index contributed by atoms with van der Waals surface area (Å²) in [6.45, 7) is 0. The molecule has 0 spiro atoms. The standard InChI is InChI=1S/C10H6F3NO/c11-10(12,13)9(5-14)8-3-1-2-7(4-8)6-15/h1-4,6,9H/t9-/m0/s1. The first-order valence-corrected chi connectivity index (χ1v) is 4.00. The van der Waals surface area contributed by atoms with Crippen molar-refractivity contribution in [1.82, 2.24) is 0 Å². The number of nitrogens with zero attached hydrogens (tertiary/aromatic N) is 1. The summed E-state index contributed by atoms with van der Waals surface area (Å²) in [6.07, 6.45) is -4.18. The van der Waals surface area contributed by atoms with Crippen LogP contribution in [0.3, 0.4) is 0 Å². The Morgan fingerprint density at radius 2 is 2.07 bits per heavy atom. The van der Waals surface area contributed by atoms with Crippen molar-refractivity contribution in [3.05, 3.63) is 35.4 Å². The van der Waals surface area contributed by atoms with E-state index in [0.717, 1.165) is 6.07 Å². The fraction of sp³-hybridized carbons (Fsp3) is 0.200. The van der Waals surface area contributed by atoms with Gasteiger partial charge in [0.1, 0.15) is 6.29 Å². The van der Waals surface area contributed by atoms with Crippen LogP contribution in [0.25, 0.3) is 0 Å². The van der Waals surface area contributed by atoms with Gasteiger partial charge in [-0.05, 0) is 11.6 Å². The molecule has 1 atom stereocenters. The van der Waals surface area contributed by atoms with Crippen LogP contribution >= 0.6 is 0 Å². The van der Waals surface area contributed by atoms with Crippen LogP contribution in [0, 0.1) is 11.3 Å². The highest BCUT2D eigenvalue weighted by molar-refractivity contribution is 5.75. The van der Waals surface area contributed by atoms with Gasteiger partial charge in [-0.15, -0.1) is 0 Å². The van der Waals surface area contributed by atoms with Crippen LogP contribution in [-0.2, 0) is 0 Å². The number of carbonyl (C=O) groups is 1. The number of hydrogen-bond acceptors (Lipinski definition) is 2. The normalized spacial score (nSPS) is 12.9. The molecule has 0 amide bonds. The second kappa shape index (κ2) is 4.13. The van der Waals surface area contributed by atoms with Crippen molar-refractivity contribution in [3.8, 4) is 6.07 Å².